The largest absolute Gasteiger partial charge is 0.461 e. The van der Waals surface area contributed by atoms with Crippen molar-refractivity contribution in [3.63, 3.8) is 0 Å². The van der Waals surface area contributed by atoms with E-state index in [1.54, 1.807) is 6.26 Å². The minimum absolute atomic E-state index is 0.320. The number of rotatable bonds is 6. The molecule has 2 aromatic heterocycles. The summed E-state index contributed by atoms with van der Waals surface area (Å²) < 4.78 is 7.66. The highest BCUT2D eigenvalue weighted by Crippen LogP contribution is 2.26. The quantitative estimate of drug-likeness (QED) is 0.665. The van der Waals surface area contributed by atoms with Gasteiger partial charge in [0, 0.05) is 25.7 Å². The van der Waals surface area contributed by atoms with Crippen LogP contribution in [0.3, 0.4) is 0 Å². The Hall–Kier alpha value is -2.56. The summed E-state index contributed by atoms with van der Waals surface area (Å²) in [6, 6.07) is 10.4. The van der Waals surface area contributed by atoms with E-state index in [2.05, 4.69) is 57.1 Å². The molecule has 1 unspecified atom stereocenters. The average molecular weight is 338 g/mol. The first-order chi connectivity index (χ1) is 12.0. The van der Waals surface area contributed by atoms with Crippen molar-refractivity contribution in [2.24, 2.45) is 0 Å². The molecule has 0 amide bonds. The standard InChI is InChI=1S/C20H26N4O/c1-6-15(3)19-21-20(18-11-14(2)13-25-18)24(22-19)12-16-9-7-8-10-17(16)23(4)5/h7-11,13,15H,6,12H2,1-5H3. The summed E-state index contributed by atoms with van der Waals surface area (Å²) in [4.78, 5) is 6.90. The molecule has 0 aliphatic rings. The number of aromatic nitrogens is 3. The molecule has 0 spiro atoms. The van der Waals surface area contributed by atoms with Crippen LogP contribution >= 0.6 is 0 Å². The van der Waals surface area contributed by atoms with Gasteiger partial charge in [-0.05, 0) is 36.6 Å². The number of hydrogen-bond donors (Lipinski definition) is 0. The van der Waals surface area contributed by atoms with Gasteiger partial charge < -0.3 is 9.32 Å². The lowest BCUT2D eigenvalue weighted by Gasteiger charge is -2.17. The zero-order valence-corrected chi connectivity index (χ0v) is 15.7. The van der Waals surface area contributed by atoms with Gasteiger partial charge in [-0.15, -0.1) is 0 Å². The lowest BCUT2D eigenvalue weighted by Crippen LogP contribution is -2.13. The van der Waals surface area contributed by atoms with Crippen LogP contribution in [0, 0.1) is 6.92 Å². The Morgan fingerprint density at radius 1 is 1.24 bits per heavy atom. The van der Waals surface area contributed by atoms with Gasteiger partial charge in [0.2, 0.25) is 0 Å². The normalized spacial score (nSPS) is 12.4. The van der Waals surface area contributed by atoms with Crippen molar-refractivity contribution < 1.29 is 4.42 Å². The molecule has 3 rings (SSSR count). The van der Waals surface area contributed by atoms with Gasteiger partial charge in [-0.1, -0.05) is 32.0 Å². The summed E-state index contributed by atoms with van der Waals surface area (Å²) in [5.41, 5.74) is 3.48. The molecule has 0 fully saturated rings. The Labute approximate surface area is 149 Å². The summed E-state index contributed by atoms with van der Waals surface area (Å²) in [5.74, 6) is 2.74. The second-order valence-corrected chi connectivity index (χ2v) is 6.77. The number of aryl methyl sites for hydroxylation is 1. The van der Waals surface area contributed by atoms with E-state index >= 15 is 0 Å². The number of hydrogen-bond acceptors (Lipinski definition) is 4. The molecule has 5 nitrogen and oxygen atoms in total. The van der Waals surface area contributed by atoms with Crippen LogP contribution in [-0.2, 0) is 6.54 Å². The van der Waals surface area contributed by atoms with Crippen LogP contribution in [0.5, 0.6) is 0 Å². The van der Waals surface area contributed by atoms with E-state index < -0.39 is 0 Å². The smallest absolute Gasteiger partial charge is 0.194 e. The Kier molecular flexibility index (Phi) is 4.93. The van der Waals surface area contributed by atoms with Crippen LogP contribution in [0.4, 0.5) is 5.69 Å². The zero-order chi connectivity index (χ0) is 18.0. The predicted octanol–water partition coefficient (Wildman–Crippen LogP) is 4.47. The minimum atomic E-state index is 0.320. The van der Waals surface area contributed by atoms with Crippen LogP contribution in [-0.4, -0.2) is 28.9 Å². The summed E-state index contributed by atoms with van der Waals surface area (Å²) in [5, 5.41) is 4.79. The summed E-state index contributed by atoms with van der Waals surface area (Å²) in [6.07, 6.45) is 2.76. The third-order valence-electron chi connectivity index (χ3n) is 4.49. The number of benzene rings is 1. The van der Waals surface area contributed by atoms with E-state index in [0.29, 0.717) is 12.5 Å². The van der Waals surface area contributed by atoms with Gasteiger partial charge in [-0.25, -0.2) is 9.67 Å². The van der Waals surface area contributed by atoms with Crippen molar-refractivity contribution in [2.45, 2.75) is 39.7 Å². The first kappa shape index (κ1) is 17.3. The highest BCUT2D eigenvalue weighted by Gasteiger charge is 2.19. The van der Waals surface area contributed by atoms with Crippen LogP contribution in [0.15, 0.2) is 41.0 Å². The molecular formula is C20H26N4O. The van der Waals surface area contributed by atoms with Crippen LogP contribution in [0.1, 0.15) is 43.1 Å². The summed E-state index contributed by atoms with van der Waals surface area (Å²) >= 11 is 0. The average Bonchev–Trinajstić information content (AvgIpc) is 3.20. The van der Waals surface area contributed by atoms with E-state index in [0.717, 1.165) is 29.4 Å². The number of anilines is 1. The third kappa shape index (κ3) is 3.60. The summed E-state index contributed by atoms with van der Waals surface area (Å²) in [6.45, 7) is 6.99. The van der Waals surface area contributed by atoms with Crippen LogP contribution in [0.25, 0.3) is 11.6 Å². The molecular weight excluding hydrogens is 312 g/mol. The van der Waals surface area contributed by atoms with Crippen molar-refractivity contribution in [3.05, 3.63) is 53.5 Å². The molecule has 0 bridgehead atoms. The van der Waals surface area contributed by atoms with Crippen molar-refractivity contribution in [3.8, 4) is 11.6 Å². The van der Waals surface area contributed by atoms with Crippen molar-refractivity contribution in [1.29, 1.82) is 0 Å². The van der Waals surface area contributed by atoms with Crippen LogP contribution in [0.2, 0.25) is 0 Å². The topological polar surface area (TPSA) is 47.1 Å². The van der Waals surface area contributed by atoms with E-state index in [-0.39, 0.29) is 0 Å². The molecule has 5 heteroatoms. The first-order valence-corrected chi connectivity index (χ1v) is 8.75. The molecule has 0 radical (unpaired) electrons. The lowest BCUT2D eigenvalue weighted by molar-refractivity contribution is 0.563. The minimum Gasteiger partial charge on any atom is -0.461 e. The Balaban J connectivity index is 2.04. The number of furan rings is 1. The highest BCUT2D eigenvalue weighted by molar-refractivity contribution is 5.54. The highest BCUT2D eigenvalue weighted by atomic mass is 16.3. The Morgan fingerprint density at radius 3 is 2.64 bits per heavy atom. The Morgan fingerprint density at radius 2 is 2.00 bits per heavy atom. The van der Waals surface area contributed by atoms with E-state index in [9.17, 15) is 0 Å². The van der Waals surface area contributed by atoms with Gasteiger partial charge in [0.1, 0.15) is 0 Å². The monoisotopic (exact) mass is 338 g/mol. The van der Waals surface area contributed by atoms with Crippen molar-refractivity contribution in [1.82, 2.24) is 14.8 Å². The van der Waals surface area contributed by atoms with Gasteiger partial charge >= 0.3 is 0 Å². The van der Waals surface area contributed by atoms with Crippen LogP contribution < -0.4 is 4.90 Å². The number of para-hydroxylation sites is 1. The lowest BCUT2D eigenvalue weighted by atomic mass is 10.1. The second-order valence-electron chi connectivity index (χ2n) is 6.77. The van der Waals surface area contributed by atoms with Gasteiger partial charge in [-0.2, -0.15) is 5.10 Å². The maximum absolute atomic E-state index is 5.70. The van der Waals surface area contributed by atoms with Gasteiger partial charge in [0.15, 0.2) is 17.4 Å². The molecule has 132 valence electrons. The molecule has 0 N–H and O–H groups in total. The zero-order valence-electron chi connectivity index (χ0n) is 15.7. The molecule has 25 heavy (non-hydrogen) atoms. The fourth-order valence-electron chi connectivity index (χ4n) is 2.83. The van der Waals surface area contributed by atoms with Crippen molar-refractivity contribution >= 4 is 5.69 Å². The maximum atomic E-state index is 5.70. The molecule has 0 aliphatic heterocycles. The molecule has 0 saturated heterocycles. The Bertz CT molecular complexity index is 847. The number of nitrogens with zero attached hydrogens (tertiary/aromatic N) is 4. The fourth-order valence-corrected chi connectivity index (χ4v) is 2.83. The van der Waals surface area contributed by atoms with Gasteiger partial charge in [-0.3, -0.25) is 0 Å². The predicted molar refractivity (Wildman–Crippen MR) is 101 cm³/mol. The first-order valence-electron chi connectivity index (χ1n) is 8.75. The second kappa shape index (κ2) is 7.13. The summed E-state index contributed by atoms with van der Waals surface area (Å²) in [7, 11) is 4.11. The fraction of sp³-hybridized carbons (Fsp3) is 0.400. The molecule has 0 saturated carbocycles. The third-order valence-corrected chi connectivity index (χ3v) is 4.49. The molecule has 3 aromatic rings. The molecule has 2 heterocycles. The SMILES string of the molecule is CCC(C)c1nc(-c2cc(C)co2)n(Cc2ccccc2N(C)C)n1. The van der Waals surface area contributed by atoms with E-state index in [1.165, 1.54) is 11.3 Å². The molecule has 1 aromatic carbocycles. The molecule has 0 aliphatic carbocycles. The maximum Gasteiger partial charge on any atom is 0.194 e. The van der Waals surface area contributed by atoms with E-state index in [1.807, 2.05) is 17.7 Å². The molecule has 1 atom stereocenters. The van der Waals surface area contributed by atoms with E-state index in [4.69, 9.17) is 14.5 Å². The van der Waals surface area contributed by atoms with Gasteiger partial charge in [0.05, 0.1) is 12.8 Å². The van der Waals surface area contributed by atoms with Crippen molar-refractivity contribution in [2.75, 3.05) is 19.0 Å². The van der Waals surface area contributed by atoms with Gasteiger partial charge in [0.25, 0.3) is 0 Å².